The number of ether oxygens (including phenoxy) is 1. The average molecular weight is 328 g/mol. The molecule has 1 heterocycles. The molecule has 0 fully saturated rings. The summed E-state index contributed by atoms with van der Waals surface area (Å²) in [6.45, 7) is 4.41. The van der Waals surface area contributed by atoms with Crippen LogP contribution in [0.25, 0.3) is 6.08 Å². The van der Waals surface area contributed by atoms with Crippen molar-refractivity contribution in [2.75, 3.05) is 6.54 Å². The zero-order chi connectivity index (χ0) is 16.4. The van der Waals surface area contributed by atoms with Crippen molar-refractivity contribution in [2.45, 2.75) is 19.4 Å². The first kappa shape index (κ1) is 15.6. The van der Waals surface area contributed by atoms with Gasteiger partial charge >= 0.3 is 0 Å². The number of fused-ring (bicyclic) bond motifs is 1. The lowest BCUT2D eigenvalue weighted by atomic mass is 9.92. The molecule has 0 saturated carbocycles. The second-order valence-electron chi connectivity index (χ2n) is 6.01. The van der Waals surface area contributed by atoms with Crippen LogP contribution >= 0.6 is 11.6 Å². The number of rotatable bonds is 3. The highest BCUT2D eigenvalue weighted by Crippen LogP contribution is 2.36. The first-order valence-corrected chi connectivity index (χ1v) is 7.86. The van der Waals surface area contributed by atoms with Gasteiger partial charge in [-0.3, -0.25) is 4.79 Å². The van der Waals surface area contributed by atoms with Gasteiger partial charge in [0.25, 0.3) is 5.91 Å². The van der Waals surface area contributed by atoms with Gasteiger partial charge in [-0.2, -0.15) is 0 Å². The van der Waals surface area contributed by atoms with E-state index < -0.39 is 5.60 Å². The highest BCUT2D eigenvalue weighted by atomic mass is 35.5. The fourth-order valence-electron chi connectivity index (χ4n) is 2.56. The highest BCUT2D eigenvalue weighted by Gasteiger charge is 2.30. The summed E-state index contributed by atoms with van der Waals surface area (Å²) in [5, 5.41) is 3.61. The predicted octanol–water partition coefficient (Wildman–Crippen LogP) is 4.32. The van der Waals surface area contributed by atoms with Gasteiger partial charge in [-0.1, -0.05) is 29.8 Å². The molecular formula is C19H18ClNO2. The van der Waals surface area contributed by atoms with Crippen molar-refractivity contribution >= 4 is 23.6 Å². The largest absolute Gasteiger partial charge is 0.483 e. The molecule has 0 aromatic heterocycles. The summed E-state index contributed by atoms with van der Waals surface area (Å²) in [7, 11) is 0. The quantitative estimate of drug-likeness (QED) is 0.911. The van der Waals surface area contributed by atoms with Gasteiger partial charge in [0.1, 0.15) is 11.4 Å². The predicted molar refractivity (Wildman–Crippen MR) is 92.9 cm³/mol. The van der Waals surface area contributed by atoms with Crippen LogP contribution in [0, 0.1) is 0 Å². The minimum atomic E-state index is -0.481. The molecule has 0 atom stereocenters. The van der Waals surface area contributed by atoms with Gasteiger partial charge in [-0.15, -0.1) is 0 Å². The Hall–Kier alpha value is -2.26. The molecule has 1 amide bonds. The van der Waals surface area contributed by atoms with E-state index in [1.807, 2.05) is 56.3 Å². The van der Waals surface area contributed by atoms with Crippen molar-refractivity contribution in [3.8, 4) is 5.75 Å². The number of carbonyl (C=O) groups is 1. The average Bonchev–Trinajstić information content (AvgIpc) is 2.53. The number of hydrogen-bond donors (Lipinski definition) is 1. The summed E-state index contributed by atoms with van der Waals surface area (Å²) in [5.41, 5.74) is 2.09. The van der Waals surface area contributed by atoms with Gasteiger partial charge in [0, 0.05) is 22.7 Å². The van der Waals surface area contributed by atoms with E-state index >= 15 is 0 Å². The Balaban J connectivity index is 1.80. The summed E-state index contributed by atoms with van der Waals surface area (Å²) in [6, 6.07) is 14.7. The van der Waals surface area contributed by atoms with Crippen LogP contribution in [-0.2, 0) is 0 Å². The van der Waals surface area contributed by atoms with Crippen LogP contribution in [0.15, 0.2) is 54.1 Å². The third-order valence-electron chi connectivity index (χ3n) is 3.92. The molecule has 3 nitrogen and oxygen atoms in total. The Labute approximate surface area is 140 Å². The molecule has 0 spiro atoms. The lowest BCUT2D eigenvalue weighted by Gasteiger charge is -2.34. The smallest absolute Gasteiger partial charge is 0.251 e. The Morgan fingerprint density at radius 3 is 2.65 bits per heavy atom. The Kier molecular flexibility index (Phi) is 4.14. The maximum Gasteiger partial charge on any atom is 0.251 e. The van der Waals surface area contributed by atoms with Crippen molar-refractivity contribution in [2.24, 2.45) is 0 Å². The molecule has 0 radical (unpaired) electrons. The van der Waals surface area contributed by atoms with Gasteiger partial charge in [-0.25, -0.2) is 0 Å². The first-order valence-electron chi connectivity index (χ1n) is 7.48. The van der Waals surface area contributed by atoms with E-state index in [-0.39, 0.29) is 5.91 Å². The normalized spacial score (nSPS) is 15.2. The van der Waals surface area contributed by atoms with Crippen LogP contribution in [-0.4, -0.2) is 18.1 Å². The Bertz CT molecular complexity index is 766. The van der Waals surface area contributed by atoms with E-state index in [1.54, 1.807) is 12.1 Å². The van der Waals surface area contributed by atoms with Crippen LogP contribution in [0.5, 0.6) is 5.75 Å². The first-order chi connectivity index (χ1) is 11.0. The number of carbonyl (C=O) groups excluding carboxylic acids is 1. The molecule has 1 N–H and O–H groups in total. The second-order valence-corrected chi connectivity index (χ2v) is 6.45. The SMILES string of the molecule is CC1(C)Oc2ccc(Cl)cc2C=C1CNC(=O)c1ccccc1. The van der Waals surface area contributed by atoms with Crippen LogP contribution in [0.1, 0.15) is 29.8 Å². The van der Waals surface area contributed by atoms with Gasteiger partial charge in [0.05, 0.1) is 0 Å². The molecule has 3 rings (SSSR count). The number of benzene rings is 2. The van der Waals surface area contributed by atoms with Crippen molar-refractivity contribution in [3.05, 3.63) is 70.3 Å². The van der Waals surface area contributed by atoms with Crippen molar-refractivity contribution in [3.63, 3.8) is 0 Å². The molecule has 1 aliphatic heterocycles. The molecule has 23 heavy (non-hydrogen) atoms. The molecule has 0 saturated heterocycles. The summed E-state index contributed by atoms with van der Waals surface area (Å²) in [4.78, 5) is 12.2. The number of nitrogens with one attached hydrogen (secondary N) is 1. The van der Waals surface area contributed by atoms with E-state index in [4.69, 9.17) is 16.3 Å². The molecule has 0 bridgehead atoms. The highest BCUT2D eigenvalue weighted by molar-refractivity contribution is 6.30. The van der Waals surface area contributed by atoms with Crippen molar-refractivity contribution < 1.29 is 9.53 Å². The van der Waals surface area contributed by atoms with E-state index in [0.717, 1.165) is 16.9 Å². The lowest BCUT2D eigenvalue weighted by molar-refractivity contribution is 0.0948. The number of hydrogen-bond acceptors (Lipinski definition) is 2. The molecule has 118 valence electrons. The molecule has 2 aromatic rings. The van der Waals surface area contributed by atoms with E-state index in [9.17, 15) is 4.79 Å². The Morgan fingerprint density at radius 1 is 1.17 bits per heavy atom. The van der Waals surface area contributed by atoms with Crippen LogP contribution < -0.4 is 10.1 Å². The summed E-state index contributed by atoms with van der Waals surface area (Å²) in [6.07, 6.45) is 2.04. The minimum absolute atomic E-state index is 0.0980. The minimum Gasteiger partial charge on any atom is -0.483 e. The standard InChI is InChI=1S/C19H18ClNO2/c1-19(2)15(10-14-11-16(20)8-9-17(14)23-19)12-21-18(22)13-6-4-3-5-7-13/h3-11H,12H2,1-2H3,(H,21,22). The second kappa shape index (κ2) is 6.09. The monoisotopic (exact) mass is 327 g/mol. The van der Waals surface area contributed by atoms with E-state index in [2.05, 4.69) is 5.32 Å². The lowest BCUT2D eigenvalue weighted by Crippen LogP contribution is -2.39. The van der Waals surface area contributed by atoms with Gasteiger partial charge in [0.15, 0.2) is 0 Å². The topological polar surface area (TPSA) is 38.3 Å². The van der Waals surface area contributed by atoms with E-state index in [0.29, 0.717) is 17.1 Å². The summed E-state index contributed by atoms with van der Waals surface area (Å²) < 4.78 is 6.05. The van der Waals surface area contributed by atoms with Crippen molar-refractivity contribution in [1.82, 2.24) is 5.32 Å². The fraction of sp³-hybridized carbons (Fsp3) is 0.211. The molecule has 4 heteroatoms. The maximum absolute atomic E-state index is 12.2. The van der Waals surface area contributed by atoms with E-state index in [1.165, 1.54) is 0 Å². The van der Waals surface area contributed by atoms with Gasteiger partial charge in [-0.05, 0) is 55.8 Å². The summed E-state index contributed by atoms with van der Waals surface area (Å²) >= 11 is 6.05. The fourth-order valence-corrected chi connectivity index (χ4v) is 2.74. The Morgan fingerprint density at radius 2 is 1.91 bits per heavy atom. The summed E-state index contributed by atoms with van der Waals surface area (Å²) in [5.74, 6) is 0.705. The third kappa shape index (κ3) is 3.40. The molecule has 0 unspecified atom stereocenters. The van der Waals surface area contributed by atoms with Crippen LogP contribution in [0.2, 0.25) is 5.02 Å². The zero-order valence-electron chi connectivity index (χ0n) is 13.1. The molecular weight excluding hydrogens is 310 g/mol. The zero-order valence-corrected chi connectivity index (χ0v) is 13.9. The van der Waals surface area contributed by atoms with Gasteiger partial charge in [0.2, 0.25) is 0 Å². The molecule has 2 aromatic carbocycles. The molecule has 0 aliphatic carbocycles. The van der Waals surface area contributed by atoms with Crippen LogP contribution in [0.4, 0.5) is 0 Å². The molecule has 1 aliphatic rings. The van der Waals surface area contributed by atoms with Crippen LogP contribution in [0.3, 0.4) is 0 Å². The third-order valence-corrected chi connectivity index (χ3v) is 4.15. The van der Waals surface area contributed by atoms with Crippen molar-refractivity contribution in [1.29, 1.82) is 0 Å². The number of halogens is 1. The maximum atomic E-state index is 12.2. The number of amides is 1. The van der Waals surface area contributed by atoms with Gasteiger partial charge < -0.3 is 10.1 Å².